The molecule has 0 aliphatic rings. The van der Waals surface area contributed by atoms with Crippen molar-refractivity contribution in [3.63, 3.8) is 0 Å². The number of rotatable bonds is 3. The van der Waals surface area contributed by atoms with E-state index >= 15 is 0 Å². The van der Waals surface area contributed by atoms with Gasteiger partial charge in [-0.1, -0.05) is 32.9 Å². The minimum atomic E-state index is 0.135. The zero-order valence-electron chi connectivity index (χ0n) is 12.3. The van der Waals surface area contributed by atoms with Crippen molar-refractivity contribution in [3.05, 3.63) is 36.2 Å². The van der Waals surface area contributed by atoms with Crippen LogP contribution in [-0.4, -0.2) is 17.1 Å². The van der Waals surface area contributed by atoms with Crippen LogP contribution in [0.4, 0.5) is 17.2 Å². The van der Waals surface area contributed by atoms with Crippen LogP contribution in [0.2, 0.25) is 0 Å². The molecule has 5 heteroatoms. The van der Waals surface area contributed by atoms with Crippen LogP contribution in [0.15, 0.2) is 30.6 Å². The summed E-state index contributed by atoms with van der Waals surface area (Å²) in [5.41, 5.74) is 8.66. The van der Waals surface area contributed by atoms with Crippen molar-refractivity contribution in [1.29, 1.82) is 0 Å². The molecule has 0 fully saturated rings. The molecular weight excluding hydrogens is 252 g/mol. The van der Waals surface area contributed by atoms with E-state index in [0.29, 0.717) is 17.4 Å². The van der Waals surface area contributed by atoms with Gasteiger partial charge in [0.15, 0.2) is 5.82 Å². The summed E-state index contributed by atoms with van der Waals surface area (Å²) in [6.07, 6.45) is 1.42. The molecule has 2 rings (SSSR count). The summed E-state index contributed by atoms with van der Waals surface area (Å²) >= 11 is 0. The van der Waals surface area contributed by atoms with Crippen molar-refractivity contribution in [3.8, 4) is 5.88 Å². The molecule has 20 heavy (non-hydrogen) atoms. The molecule has 0 radical (unpaired) electrons. The lowest BCUT2D eigenvalue weighted by atomic mass is 9.87. The first kappa shape index (κ1) is 14.1. The van der Waals surface area contributed by atoms with Gasteiger partial charge < -0.3 is 15.8 Å². The molecule has 0 aliphatic heterocycles. The Morgan fingerprint density at radius 2 is 1.75 bits per heavy atom. The van der Waals surface area contributed by atoms with Gasteiger partial charge in [0.25, 0.3) is 0 Å². The number of methoxy groups -OCH3 is 1. The Kier molecular flexibility index (Phi) is 3.79. The average Bonchev–Trinajstić information content (AvgIpc) is 2.41. The number of benzene rings is 1. The van der Waals surface area contributed by atoms with Crippen molar-refractivity contribution in [1.82, 2.24) is 9.97 Å². The smallest absolute Gasteiger partial charge is 0.242 e. The highest BCUT2D eigenvalue weighted by Gasteiger charge is 2.13. The van der Waals surface area contributed by atoms with Gasteiger partial charge >= 0.3 is 0 Å². The predicted octanol–water partition coefficient (Wildman–Crippen LogP) is 3.11. The monoisotopic (exact) mass is 272 g/mol. The number of aromatic nitrogens is 2. The van der Waals surface area contributed by atoms with Gasteiger partial charge in [-0.25, -0.2) is 4.98 Å². The SMILES string of the molecule is COc1ncnc(Nc2ccc(C(C)(C)C)cc2)c1N. The fraction of sp³-hybridized carbons (Fsp3) is 0.333. The second-order valence-electron chi connectivity index (χ2n) is 5.60. The van der Waals surface area contributed by atoms with Crippen LogP contribution < -0.4 is 15.8 Å². The second kappa shape index (κ2) is 5.36. The lowest BCUT2D eigenvalue weighted by Crippen LogP contribution is -2.10. The van der Waals surface area contributed by atoms with Gasteiger partial charge in [0, 0.05) is 5.69 Å². The number of nitrogen functional groups attached to an aromatic ring is 1. The van der Waals surface area contributed by atoms with Crippen molar-refractivity contribution in [2.45, 2.75) is 26.2 Å². The van der Waals surface area contributed by atoms with E-state index in [2.05, 4.69) is 48.2 Å². The summed E-state index contributed by atoms with van der Waals surface area (Å²) in [5.74, 6) is 0.911. The molecule has 1 aromatic carbocycles. The molecular formula is C15H20N4O. The minimum absolute atomic E-state index is 0.135. The molecule has 0 spiro atoms. The van der Waals surface area contributed by atoms with E-state index in [9.17, 15) is 0 Å². The molecule has 5 nitrogen and oxygen atoms in total. The molecule has 1 heterocycles. The van der Waals surface area contributed by atoms with Gasteiger partial charge in [0.1, 0.15) is 12.0 Å². The van der Waals surface area contributed by atoms with E-state index in [1.807, 2.05) is 12.1 Å². The first-order chi connectivity index (χ1) is 9.41. The molecule has 106 valence electrons. The standard InChI is InChI=1S/C15H20N4O/c1-15(2,3)10-5-7-11(8-6-10)19-13-12(16)14(20-4)18-9-17-13/h5-9H,16H2,1-4H3,(H,17,18,19). The van der Waals surface area contributed by atoms with Crippen LogP contribution >= 0.6 is 0 Å². The lowest BCUT2D eigenvalue weighted by molar-refractivity contribution is 0.399. The maximum Gasteiger partial charge on any atom is 0.242 e. The van der Waals surface area contributed by atoms with Crippen LogP contribution in [0.1, 0.15) is 26.3 Å². The Labute approximate surface area is 119 Å². The molecule has 0 saturated carbocycles. The predicted molar refractivity (Wildman–Crippen MR) is 81.4 cm³/mol. The molecule has 3 N–H and O–H groups in total. The Bertz CT molecular complexity index is 588. The highest BCUT2D eigenvalue weighted by atomic mass is 16.5. The molecule has 2 aromatic rings. The van der Waals surface area contributed by atoms with E-state index in [-0.39, 0.29) is 5.41 Å². The van der Waals surface area contributed by atoms with Gasteiger partial charge in [0.05, 0.1) is 7.11 Å². The van der Waals surface area contributed by atoms with Gasteiger partial charge in [0.2, 0.25) is 5.88 Å². The summed E-state index contributed by atoms with van der Waals surface area (Å²) in [7, 11) is 1.53. The third kappa shape index (κ3) is 2.99. The zero-order valence-corrected chi connectivity index (χ0v) is 12.3. The molecule has 0 saturated heterocycles. The van der Waals surface area contributed by atoms with Gasteiger partial charge in [-0.2, -0.15) is 4.98 Å². The number of ether oxygens (including phenoxy) is 1. The van der Waals surface area contributed by atoms with E-state index in [1.54, 1.807) is 0 Å². The largest absolute Gasteiger partial charge is 0.479 e. The third-order valence-electron chi connectivity index (χ3n) is 3.05. The second-order valence-corrected chi connectivity index (χ2v) is 5.60. The van der Waals surface area contributed by atoms with E-state index in [0.717, 1.165) is 5.69 Å². The highest BCUT2D eigenvalue weighted by molar-refractivity contribution is 5.72. The maximum atomic E-state index is 5.93. The number of nitrogens with zero attached hydrogens (tertiary/aromatic N) is 2. The minimum Gasteiger partial charge on any atom is -0.479 e. The van der Waals surface area contributed by atoms with Crippen LogP contribution in [0.25, 0.3) is 0 Å². The number of hydrogen-bond donors (Lipinski definition) is 2. The Morgan fingerprint density at radius 3 is 2.30 bits per heavy atom. The van der Waals surface area contributed by atoms with E-state index in [4.69, 9.17) is 10.5 Å². The summed E-state index contributed by atoms with van der Waals surface area (Å²) < 4.78 is 5.07. The fourth-order valence-electron chi connectivity index (χ4n) is 1.83. The normalized spacial score (nSPS) is 11.2. The highest BCUT2D eigenvalue weighted by Crippen LogP contribution is 2.28. The van der Waals surface area contributed by atoms with Crippen LogP contribution in [0, 0.1) is 0 Å². The van der Waals surface area contributed by atoms with E-state index < -0.39 is 0 Å². The first-order valence-corrected chi connectivity index (χ1v) is 6.44. The van der Waals surface area contributed by atoms with Crippen molar-refractivity contribution in [2.75, 3.05) is 18.2 Å². The average molecular weight is 272 g/mol. The third-order valence-corrected chi connectivity index (χ3v) is 3.05. The summed E-state index contributed by atoms with van der Waals surface area (Å²) in [5, 5.41) is 3.17. The van der Waals surface area contributed by atoms with Crippen LogP contribution in [0.5, 0.6) is 5.88 Å². The molecule has 1 aromatic heterocycles. The first-order valence-electron chi connectivity index (χ1n) is 6.44. The van der Waals surface area contributed by atoms with Crippen molar-refractivity contribution >= 4 is 17.2 Å². The molecule has 0 aliphatic carbocycles. The number of nitrogens with one attached hydrogen (secondary N) is 1. The molecule has 0 unspecified atom stereocenters. The van der Waals surface area contributed by atoms with Crippen molar-refractivity contribution < 1.29 is 4.74 Å². The van der Waals surface area contributed by atoms with Crippen molar-refractivity contribution in [2.24, 2.45) is 0 Å². The summed E-state index contributed by atoms with van der Waals surface area (Å²) in [6.45, 7) is 6.55. The zero-order chi connectivity index (χ0) is 14.8. The summed E-state index contributed by atoms with van der Waals surface area (Å²) in [4.78, 5) is 8.07. The fourth-order valence-corrected chi connectivity index (χ4v) is 1.83. The number of anilines is 3. The number of hydrogen-bond acceptors (Lipinski definition) is 5. The Balaban J connectivity index is 2.23. The molecule has 0 amide bonds. The van der Waals surface area contributed by atoms with Gasteiger partial charge in [-0.3, -0.25) is 0 Å². The molecule has 0 atom stereocenters. The van der Waals surface area contributed by atoms with Crippen LogP contribution in [-0.2, 0) is 5.41 Å². The van der Waals surface area contributed by atoms with Gasteiger partial charge in [-0.05, 0) is 23.1 Å². The van der Waals surface area contributed by atoms with E-state index in [1.165, 1.54) is 19.0 Å². The number of nitrogens with two attached hydrogens (primary N) is 1. The lowest BCUT2D eigenvalue weighted by Gasteiger charge is -2.19. The topological polar surface area (TPSA) is 73.1 Å². The van der Waals surface area contributed by atoms with Gasteiger partial charge in [-0.15, -0.1) is 0 Å². The summed E-state index contributed by atoms with van der Waals surface area (Å²) in [6, 6.07) is 8.21. The van der Waals surface area contributed by atoms with Crippen LogP contribution in [0.3, 0.4) is 0 Å². The Morgan fingerprint density at radius 1 is 1.10 bits per heavy atom. The molecule has 0 bridgehead atoms. The maximum absolute atomic E-state index is 5.93. The quantitative estimate of drug-likeness (QED) is 0.898. The Hall–Kier alpha value is -2.30.